The first kappa shape index (κ1) is 22.4. The zero-order chi connectivity index (χ0) is 21.9. The van der Waals surface area contributed by atoms with Gasteiger partial charge in [-0.05, 0) is 48.2 Å². The highest BCUT2D eigenvalue weighted by atomic mass is 32.1. The Hall–Kier alpha value is -2.28. The van der Waals surface area contributed by atoms with Crippen LogP contribution >= 0.6 is 11.3 Å². The van der Waals surface area contributed by atoms with Crippen LogP contribution in [0.2, 0.25) is 0 Å². The first-order valence-corrected chi connectivity index (χ1v) is 11.5. The zero-order valence-electron chi connectivity index (χ0n) is 19.1. The molecule has 0 aliphatic rings. The molecule has 3 aromatic rings. The van der Waals surface area contributed by atoms with Gasteiger partial charge in [0.15, 0.2) is 5.82 Å². The summed E-state index contributed by atoms with van der Waals surface area (Å²) < 4.78 is 5.60. The number of aromatic nitrogens is 5. The Balaban J connectivity index is 1.71. The second kappa shape index (κ2) is 9.25. The molecule has 0 spiro atoms. The molecule has 6 nitrogen and oxygen atoms in total. The summed E-state index contributed by atoms with van der Waals surface area (Å²) in [5.41, 5.74) is 3.32. The summed E-state index contributed by atoms with van der Waals surface area (Å²) in [4.78, 5) is 6.48. The van der Waals surface area contributed by atoms with E-state index in [1.54, 1.807) is 23.2 Å². The van der Waals surface area contributed by atoms with Gasteiger partial charge in [0.1, 0.15) is 5.75 Å². The van der Waals surface area contributed by atoms with Gasteiger partial charge in [-0.2, -0.15) is 0 Å². The molecule has 2 heterocycles. The van der Waals surface area contributed by atoms with E-state index in [1.807, 2.05) is 12.1 Å². The average molecular weight is 428 g/mol. The molecule has 0 saturated heterocycles. The van der Waals surface area contributed by atoms with Crippen molar-refractivity contribution in [3.05, 3.63) is 45.7 Å². The molecule has 30 heavy (non-hydrogen) atoms. The second-order valence-electron chi connectivity index (χ2n) is 9.05. The summed E-state index contributed by atoms with van der Waals surface area (Å²) in [7, 11) is 1.72. The lowest BCUT2D eigenvalue weighted by molar-refractivity contribution is 0.404. The molecule has 7 heteroatoms. The van der Waals surface area contributed by atoms with Gasteiger partial charge in [0.05, 0.1) is 23.5 Å². The van der Waals surface area contributed by atoms with Crippen molar-refractivity contribution in [2.75, 3.05) is 7.11 Å². The highest BCUT2D eigenvalue weighted by Crippen LogP contribution is 2.33. The molecule has 162 valence electrons. The van der Waals surface area contributed by atoms with Crippen molar-refractivity contribution in [3.8, 4) is 11.4 Å². The molecule has 0 aliphatic heterocycles. The van der Waals surface area contributed by atoms with Crippen molar-refractivity contribution in [1.82, 2.24) is 25.2 Å². The third-order valence-electron chi connectivity index (χ3n) is 5.40. The van der Waals surface area contributed by atoms with Gasteiger partial charge in [-0.3, -0.25) is 0 Å². The van der Waals surface area contributed by atoms with Gasteiger partial charge < -0.3 is 4.74 Å². The van der Waals surface area contributed by atoms with Crippen LogP contribution < -0.4 is 4.74 Å². The normalized spacial score (nSPS) is 12.2. The topological polar surface area (TPSA) is 65.7 Å². The summed E-state index contributed by atoms with van der Waals surface area (Å²) in [6.45, 7) is 13.1. The fraction of sp³-hybridized carbons (Fsp3) is 0.565. The molecule has 0 radical (unpaired) electrons. The monoisotopic (exact) mass is 427 g/mol. The lowest BCUT2D eigenvalue weighted by Crippen LogP contribution is -2.18. The van der Waals surface area contributed by atoms with Crippen LogP contribution in [-0.2, 0) is 11.8 Å². The number of benzene rings is 1. The Bertz CT molecular complexity index is 974. The van der Waals surface area contributed by atoms with Crippen molar-refractivity contribution in [2.45, 2.75) is 78.1 Å². The zero-order valence-corrected chi connectivity index (χ0v) is 20.0. The molecule has 0 amide bonds. The minimum Gasteiger partial charge on any atom is -0.496 e. The van der Waals surface area contributed by atoms with E-state index in [-0.39, 0.29) is 11.3 Å². The van der Waals surface area contributed by atoms with Gasteiger partial charge in [0, 0.05) is 22.6 Å². The first-order chi connectivity index (χ1) is 14.2. The molecule has 0 atom stereocenters. The van der Waals surface area contributed by atoms with E-state index in [4.69, 9.17) is 9.72 Å². The molecule has 0 N–H and O–H groups in total. The summed E-state index contributed by atoms with van der Waals surface area (Å²) in [6.07, 6.45) is 3.03. The maximum absolute atomic E-state index is 5.60. The van der Waals surface area contributed by atoms with E-state index in [0.717, 1.165) is 42.1 Å². The van der Waals surface area contributed by atoms with E-state index < -0.39 is 0 Å². The maximum Gasteiger partial charge on any atom is 0.177 e. The van der Waals surface area contributed by atoms with Gasteiger partial charge in [-0.15, -0.1) is 26.3 Å². The van der Waals surface area contributed by atoms with Crippen molar-refractivity contribution >= 4 is 11.3 Å². The fourth-order valence-corrected chi connectivity index (χ4v) is 4.39. The lowest BCUT2D eigenvalue weighted by Gasteiger charge is -2.22. The van der Waals surface area contributed by atoms with Crippen molar-refractivity contribution in [3.63, 3.8) is 0 Å². The lowest BCUT2D eigenvalue weighted by atomic mass is 9.84. The molecule has 3 rings (SSSR count). The first-order valence-electron chi connectivity index (χ1n) is 10.6. The molecular formula is C23H33N5OS. The quantitative estimate of drug-likeness (QED) is 0.440. The Kier molecular flexibility index (Phi) is 6.91. The molecular weight excluding hydrogens is 394 g/mol. The molecule has 2 aromatic heterocycles. The maximum atomic E-state index is 5.60. The smallest absolute Gasteiger partial charge is 0.177 e. The highest BCUT2D eigenvalue weighted by molar-refractivity contribution is 7.09. The van der Waals surface area contributed by atoms with Gasteiger partial charge in [0.2, 0.25) is 0 Å². The summed E-state index contributed by atoms with van der Waals surface area (Å²) in [6, 6.07) is 6.07. The van der Waals surface area contributed by atoms with E-state index in [9.17, 15) is 0 Å². The molecule has 0 unspecified atom stereocenters. The number of methoxy groups -OCH3 is 1. The number of rotatable bonds is 9. The van der Waals surface area contributed by atoms with Crippen molar-refractivity contribution in [1.29, 1.82) is 0 Å². The second-order valence-corrected chi connectivity index (χ2v) is 9.94. The number of tetrazole rings is 1. The van der Waals surface area contributed by atoms with Crippen molar-refractivity contribution < 1.29 is 4.74 Å². The number of hydrogen-bond acceptors (Lipinski definition) is 6. The number of thiazole rings is 1. The summed E-state index contributed by atoms with van der Waals surface area (Å²) >= 11 is 1.77. The van der Waals surface area contributed by atoms with Gasteiger partial charge in [0.25, 0.3) is 0 Å². The van der Waals surface area contributed by atoms with Crippen molar-refractivity contribution in [2.24, 2.45) is 0 Å². The van der Waals surface area contributed by atoms with E-state index in [1.165, 1.54) is 10.7 Å². The molecule has 0 aliphatic carbocycles. The van der Waals surface area contributed by atoms with E-state index >= 15 is 0 Å². The van der Waals surface area contributed by atoms with Crippen LogP contribution in [0.15, 0.2) is 23.6 Å². The Labute approximate surface area is 183 Å². The number of hydrogen-bond donors (Lipinski definition) is 0. The van der Waals surface area contributed by atoms with E-state index in [0.29, 0.717) is 5.92 Å². The average Bonchev–Trinajstić information content (AvgIpc) is 3.38. The molecule has 0 bridgehead atoms. The molecule has 0 saturated carbocycles. The van der Waals surface area contributed by atoms with Crippen LogP contribution in [0, 0.1) is 0 Å². The van der Waals surface area contributed by atoms with Crippen LogP contribution in [0.1, 0.15) is 88.3 Å². The Morgan fingerprint density at radius 2 is 1.90 bits per heavy atom. The third kappa shape index (κ3) is 5.06. The van der Waals surface area contributed by atoms with Gasteiger partial charge >= 0.3 is 0 Å². The van der Waals surface area contributed by atoms with Crippen LogP contribution in [0.5, 0.6) is 5.75 Å². The van der Waals surface area contributed by atoms with Crippen LogP contribution in [0.4, 0.5) is 0 Å². The molecule has 0 fully saturated rings. The molecule has 1 aromatic carbocycles. The standard InChI is InChI=1S/C23H33N5OS/c1-15(2)21-25-27-28(26-21)18-10-11-19(29-7)17(13-18)9-8-12-23(5,6)20-14-30-22(24-20)16(3)4/h10-11,13-16H,8-9,12H2,1-7H3. The van der Waals surface area contributed by atoms with Crippen LogP contribution in [0.3, 0.4) is 0 Å². The van der Waals surface area contributed by atoms with Crippen LogP contribution in [0.25, 0.3) is 5.69 Å². The number of aryl methyl sites for hydroxylation is 1. The SMILES string of the molecule is COc1ccc(-n2nnc(C(C)C)n2)cc1CCCC(C)(C)c1csc(C(C)C)n1. The Morgan fingerprint density at radius 3 is 2.50 bits per heavy atom. The van der Waals surface area contributed by atoms with Crippen LogP contribution in [-0.4, -0.2) is 32.3 Å². The Morgan fingerprint density at radius 1 is 1.13 bits per heavy atom. The van der Waals surface area contributed by atoms with E-state index in [2.05, 4.69) is 68.4 Å². The minimum absolute atomic E-state index is 0.0497. The predicted octanol–water partition coefficient (Wildman–Crippen LogP) is 5.67. The minimum atomic E-state index is 0.0497. The fourth-order valence-electron chi connectivity index (χ4n) is 3.36. The highest BCUT2D eigenvalue weighted by Gasteiger charge is 2.24. The third-order valence-corrected chi connectivity index (χ3v) is 6.54. The summed E-state index contributed by atoms with van der Waals surface area (Å²) in [5.74, 6) is 2.38. The van der Waals surface area contributed by atoms with Gasteiger partial charge in [-0.1, -0.05) is 41.5 Å². The number of ether oxygens (including phenoxy) is 1. The number of nitrogens with zero attached hydrogens (tertiary/aromatic N) is 5. The predicted molar refractivity (Wildman–Crippen MR) is 122 cm³/mol. The largest absolute Gasteiger partial charge is 0.496 e. The van der Waals surface area contributed by atoms with Gasteiger partial charge in [-0.25, -0.2) is 4.98 Å². The summed E-state index contributed by atoms with van der Waals surface area (Å²) in [5, 5.41) is 16.3.